The predicted molar refractivity (Wildman–Crippen MR) is 109 cm³/mol. The maximum Gasteiger partial charge on any atom is 0.221 e. The van der Waals surface area contributed by atoms with Gasteiger partial charge in [0, 0.05) is 62.9 Å². The number of hydrogen-bond acceptors (Lipinski definition) is 4. The Morgan fingerprint density at radius 1 is 1.11 bits per heavy atom. The lowest BCUT2D eigenvalue weighted by Crippen LogP contribution is -2.45. The molecule has 2 atom stereocenters. The average Bonchev–Trinajstić information content (AvgIpc) is 3.33. The van der Waals surface area contributed by atoms with E-state index in [0.29, 0.717) is 25.6 Å². The second-order valence-corrected chi connectivity index (χ2v) is 8.41. The molecule has 0 spiro atoms. The topological polar surface area (TPSA) is 79.3 Å². The first-order valence-corrected chi connectivity index (χ1v) is 10.7. The van der Waals surface area contributed by atoms with Crippen LogP contribution in [-0.4, -0.2) is 51.7 Å². The van der Waals surface area contributed by atoms with Gasteiger partial charge in [-0.3, -0.25) is 19.2 Å². The maximum atomic E-state index is 12.7. The van der Waals surface area contributed by atoms with Gasteiger partial charge >= 0.3 is 0 Å². The standard InChI is InChI=1S/C21H35N5O2/c1-5-26-15(3)20(14(2)24-26)12-23-21(28)10-18-8-9-19(11-22-16(4)27)25(18)13-17-6-7-17/h17-19H,5-13H2,1-4H3,(H,22,27)(H,23,28)/t18-,19+/m1/s1. The zero-order valence-electron chi connectivity index (χ0n) is 17.8. The van der Waals surface area contributed by atoms with Crippen LogP contribution in [0.1, 0.15) is 62.9 Å². The zero-order chi connectivity index (χ0) is 20.3. The number of carbonyl (C=O) groups excluding carboxylic acids is 2. The van der Waals surface area contributed by atoms with Gasteiger partial charge in [0.2, 0.25) is 11.8 Å². The van der Waals surface area contributed by atoms with Crippen molar-refractivity contribution >= 4 is 11.8 Å². The van der Waals surface area contributed by atoms with Gasteiger partial charge in [0.25, 0.3) is 0 Å². The van der Waals surface area contributed by atoms with Crippen LogP contribution in [0.5, 0.6) is 0 Å². The molecule has 0 radical (unpaired) electrons. The number of rotatable bonds is 9. The molecule has 1 aliphatic carbocycles. The number of hydrogen-bond donors (Lipinski definition) is 2. The van der Waals surface area contributed by atoms with Gasteiger partial charge in [-0.1, -0.05) is 0 Å². The molecule has 1 saturated carbocycles. The van der Waals surface area contributed by atoms with Gasteiger partial charge in [-0.2, -0.15) is 5.10 Å². The van der Waals surface area contributed by atoms with Crippen molar-refractivity contribution in [2.75, 3.05) is 13.1 Å². The van der Waals surface area contributed by atoms with Gasteiger partial charge in [-0.15, -0.1) is 0 Å². The smallest absolute Gasteiger partial charge is 0.221 e. The van der Waals surface area contributed by atoms with Crippen molar-refractivity contribution in [1.82, 2.24) is 25.3 Å². The van der Waals surface area contributed by atoms with Crippen LogP contribution in [-0.2, 0) is 22.7 Å². The van der Waals surface area contributed by atoms with Gasteiger partial charge in [0.1, 0.15) is 0 Å². The third-order valence-electron chi connectivity index (χ3n) is 6.24. The molecule has 2 aliphatic rings. The highest BCUT2D eigenvalue weighted by Gasteiger charge is 2.37. The van der Waals surface area contributed by atoms with Crippen LogP contribution >= 0.6 is 0 Å². The maximum absolute atomic E-state index is 12.7. The Bertz CT molecular complexity index is 710. The van der Waals surface area contributed by atoms with Gasteiger partial charge in [0.15, 0.2) is 0 Å². The Kier molecular flexibility index (Phi) is 6.75. The van der Waals surface area contributed by atoms with Gasteiger partial charge in [-0.05, 0) is 52.4 Å². The van der Waals surface area contributed by atoms with Crippen molar-refractivity contribution in [3.63, 3.8) is 0 Å². The highest BCUT2D eigenvalue weighted by molar-refractivity contribution is 5.76. The lowest BCUT2D eigenvalue weighted by atomic mass is 10.1. The van der Waals surface area contributed by atoms with Crippen LogP contribution in [0.2, 0.25) is 0 Å². The summed E-state index contributed by atoms with van der Waals surface area (Å²) in [6, 6.07) is 0.634. The summed E-state index contributed by atoms with van der Waals surface area (Å²) in [6.07, 6.45) is 5.19. The molecule has 7 nitrogen and oxygen atoms in total. The summed E-state index contributed by atoms with van der Waals surface area (Å²) >= 11 is 0. The summed E-state index contributed by atoms with van der Waals surface area (Å²) in [5, 5.41) is 10.6. The monoisotopic (exact) mass is 389 g/mol. The quantitative estimate of drug-likeness (QED) is 0.676. The molecule has 1 aliphatic heterocycles. The summed E-state index contributed by atoms with van der Waals surface area (Å²) in [4.78, 5) is 26.4. The van der Waals surface area contributed by atoms with E-state index in [2.05, 4.69) is 34.5 Å². The SMILES string of the molecule is CCn1nc(C)c(CNC(=O)C[C@H]2CC[C@@H](CNC(C)=O)N2CC2CC2)c1C. The number of likely N-dealkylation sites (tertiary alicyclic amines) is 1. The van der Waals surface area contributed by atoms with E-state index in [1.165, 1.54) is 12.8 Å². The summed E-state index contributed by atoms with van der Waals surface area (Å²) in [7, 11) is 0. The summed E-state index contributed by atoms with van der Waals surface area (Å²) < 4.78 is 1.98. The first-order valence-electron chi connectivity index (χ1n) is 10.7. The Hall–Kier alpha value is -1.89. The number of aromatic nitrogens is 2. The first kappa shape index (κ1) is 20.8. The van der Waals surface area contributed by atoms with Crippen LogP contribution in [0.15, 0.2) is 0 Å². The molecule has 2 fully saturated rings. The van der Waals surface area contributed by atoms with Crippen molar-refractivity contribution in [2.45, 2.75) is 85.0 Å². The Morgan fingerprint density at radius 2 is 1.82 bits per heavy atom. The third-order valence-corrected chi connectivity index (χ3v) is 6.24. The van der Waals surface area contributed by atoms with E-state index in [1.807, 2.05) is 11.6 Å². The van der Waals surface area contributed by atoms with E-state index in [9.17, 15) is 9.59 Å². The molecule has 3 rings (SSSR count). The predicted octanol–water partition coefficient (Wildman–Crippen LogP) is 1.91. The minimum absolute atomic E-state index is 0.0194. The van der Waals surface area contributed by atoms with Gasteiger partial charge in [0.05, 0.1) is 5.69 Å². The summed E-state index contributed by atoms with van der Waals surface area (Å²) in [5.41, 5.74) is 3.25. The van der Waals surface area contributed by atoms with E-state index in [4.69, 9.17) is 0 Å². The van der Waals surface area contributed by atoms with E-state index >= 15 is 0 Å². The van der Waals surface area contributed by atoms with Crippen LogP contribution < -0.4 is 10.6 Å². The minimum atomic E-state index is 0.0194. The molecule has 0 bridgehead atoms. The van der Waals surface area contributed by atoms with Gasteiger partial charge < -0.3 is 10.6 Å². The number of nitrogens with zero attached hydrogens (tertiary/aromatic N) is 3. The van der Waals surface area contributed by atoms with Crippen molar-refractivity contribution in [3.8, 4) is 0 Å². The van der Waals surface area contributed by atoms with E-state index in [1.54, 1.807) is 6.92 Å². The molecular weight excluding hydrogens is 354 g/mol. The molecule has 28 heavy (non-hydrogen) atoms. The van der Waals surface area contributed by atoms with Crippen molar-refractivity contribution in [1.29, 1.82) is 0 Å². The first-order chi connectivity index (χ1) is 13.4. The molecule has 0 aromatic carbocycles. The molecule has 2 heterocycles. The van der Waals surface area contributed by atoms with Crippen molar-refractivity contribution in [3.05, 3.63) is 17.0 Å². The second-order valence-electron chi connectivity index (χ2n) is 8.41. The highest BCUT2D eigenvalue weighted by atomic mass is 16.2. The van der Waals surface area contributed by atoms with Gasteiger partial charge in [-0.25, -0.2) is 0 Å². The van der Waals surface area contributed by atoms with Crippen LogP contribution in [0, 0.1) is 19.8 Å². The molecule has 1 aromatic heterocycles. The lowest BCUT2D eigenvalue weighted by Gasteiger charge is -2.30. The number of aryl methyl sites for hydroxylation is 2. The highest BCUT2D eigenvalue weighted by Crippen LogP contribution is 2.35. The van der Waals surface area contributed by atoms with Crippen LogP contribution in [0.25, 0.3) is 0 Å². The average molecular weight is 390 g/mol. The van der Waals surface area contributed by atoms with E-state index < -0.39 is 0 Å². The third kappa shape index (κ3) is 5.13. The molecule has 2 amide bonds. The fraction of sp³-hybridized carbons (Fsp3) is 0.762. The molecule has 156 valence electrons. The van der Waals surface area contributed by atoms with Crippen molar-refractivity contribution < 1.29 is 9.59 Å². The largest absolute Gasteiger partial charge is 0.355 e. The summed E-state index contributed by atoms with van der Waals surface area (Å²) in [6.45, 7) is 10.8. The summed E-state index contributed by atoms with van der Waals surface area (Å²) in [5.74, 6) is 0.897. The minimum Gasteiger partial charge on any atom is -0.355 e. The lowest BCUT2D eigenvalue weighted by molar-refractivity contribution is -0.122. The fourth-order valence-corrected chi connectivity index (χ4v) is 4.38. The van der Waals surface area contributed by atoms with Crippen molar-refractivity contribution in [2.24, 2.45) is 5.92 Å². The Morgan fingerprint density at radius 3 is 2.43 bits per heavy atom. The molecule has 0 unspecified atom stereocenters. The number of nitrogens with one attached hydrogen (secondary N) is 2. The fourth-order valence-electron chi connectivity index (χ4n) is 4.38. The van der Waals surface area contributed by atoms with Crippen LogP contribution in [0.4, 0.5) is 0 Å². The Labute approximate surface area is 168 Å². The number of amides is 2. The van der Waals surface area contributed by atoms with E-state index in [0.717, 1.165) is 48.8 Å². The van der Waals surface area contributed by atoms with E-state index in [-0.39, 0.29) is 17.9 Å². The second kappa shape index (κ2) is 9.07. The van der Waals surface area contributed by atoms with Crippen LogP contribution in [0.3, 0.4) is 0 Å². The zero-order valence-corrected chi connectivity index (χ0v) is 17.8. The Balaban J connectivity index is 1.54. The molecule has 1 aromatic rings. The normalized spacial score (nSPS) is 22.4. The molecule has 2 N–H and O–H groups in total. The molecule has 7 heteroatoms. The molecule has 1 saturated heterocycles. The molecular formula is C21H35N5O2. The number of carbonyl (C=O) groups is 2.